The number of thioether (sulfide) groups is 1. The monoisotopic (exact) mass is 403 g/mol. The summed E-state index contributed by atoms with van der Waals surface area (Å²) in [5.41, 5.74) is 0.592. The third kappa shape index (κ3) is 4.78. The van der Waals surface area contributed by atoms with Gasteiger partial charge in [0.1, 0.15) is 11.6 Å². The molecule has 0 atom stereocenters. The summed E-state index contributed by atoms with van der Waals surface area (Å²) in [5.74, 6) is 1.92. The highest BCUT2D eigenvalue weighted by atomic mass is 32.2. The number of amides is 3. The molecule has 9 heteroatoms. The molecule has 0 bridgehead atoms. The standard InChI is InChI=1S/C19H25N5O3S/c1-27-16-6-4-3-5-15(16)21-19(26)22-17-7-10-20-24(17)14-8-11-23(12-9-14)18(25)13-28-2/h3-7,10,14H,8-9,11-13H2,1-2H3,(H2,21,22,26). The minimum absolute atomic E-state index is 0.148. The Morgan fingerprint density at radius 2 is 1.96 bits per heavy atom. The van der Waals surface area contributed by atoms with Crippen molar-refractivity contribution in [1.82, 2.24) is 14.7 Å². The Hall–Kier alpha value is -2.68. The van der Waals surface area contributed by atoms with Crippen LogP contribution in [0.2, 0.25) is 0 Å². The average molecular weight is 404 g/mol. The topological polar surface area (TPSA) is 88.5 Å². The van der Waals surface area contributed by atoms with Crippen LogP contribution in [-0.2, 0) is 4.79 Å². The van der Waals surface area contributed by atoms with Gasteiger partial charge in [-0.15, -0.1) is 0 Å². The summed E-state index contributed by atoms with van der Waals surface area (Å²) >= 11 is 1.54. The Bertz CT molecular complexity index is 817. The zero-order valence-corrected chi connectivity index (χ0v) is 16.9. The summed E-state index contributed by atoms with van der Waals surface area (Å²) in [4.78, 5) is 26.4. The number of nitrogens with zero attached hydrogens (tertiary/aromatic N) is 3. The van der Waals surface area contributed by atoms with Crippen LogP contribution in [0, 0.1) is 0 Å². The van der Waals surface area contributed by atoms with Gasteiger partial charge in [0.05, 0.1) is 30.8 Å². The SMILES string of the molecule is COc1ccccc1NC(=O)Nc1ccnn1C1CCN(C(=O)CSC)CC1. The summed E-state index contributed by atoms with van der Waals surface area (Å²) in [6.07, 6.45) is 5.22. The molecular formula is C19H25N5O3S. The van der Waals surface area contributed by atoms with Crippen molar-refractivity contribution >= 4 is 35.2 Å². The number of ether oxygens (including phenoxy) is 1. The molecule has 0 spiro atoms. The van der Waals surface area contributed by atoms with Gasteiger partial charge < -0.3 is 15.0 Å². The number of nitrogens with one attached hydrogen (secondary N) is 2. The minimum atomic E-state index is -0.362. The summed E-state index contributed by atoms with van der Waals surface area (Å²) in [6.45, 7) is 1.41. The van der Waals surface area contributed by atoms with Gasteiger partial charge in [-0.2, -0.15) is 16.9 Å². The molecule has 1 aromatic heterocycles. The fourth-order valence-corrected chi connectivity index (χ4v) is 3.73. The maximum absolute atomic E-state index is 12.4. The highest BCUT2D eigenvalue weighted by Crippen LogP contribution is 2.26. The number of para-hydroxylation sites is 2. The lowest BCUT2D eigenvalue weighted by molar-refractivity contribution is -0.129. The van der Waals surface area contributed by atoms with Crippen LogP contribution in [0.1, 0.15) is 18.9 Å². The number of hydrogen-bond donors (Lipinski definition) is 2. The van der Waals surface area contributed by atoms with E-state index < -0.39 is 0 Å². The molecule has 0 aliphatic carbocycles. The molecule has 150 valence electrons. The van der Waals surface area contributed by atoms with Gasteiger partial charge in [-0.1, -0.05) is 12.1 Å². The van der Waals surface area contributed by atoms with Crippen LogP contribution in [-0.4, -0.2) is 58.8 Å². The van der Waals surface area contributed by atoms with Gasteiger partial charge in [0, 0.05) is 19.2 Å². The van der Waals surface area contributed by atoms with Crippen molar-refractivity contribution in [2.24, 2.45) is 0 Å². The number of anilines is 2. The van der Waals surface area contributed by atoms with Gasteiger partial charge in [0.15, 0.2) is 0 Å². The molecule has 3 rings (SSSR count). The number of carbonyl (C=O) groups is 2. The number of urea groups is 1. The molecule has 1 saturated heterocycles. The largest absolute Gasteiger partial charge is 0.495 e. The van der Waals surface area contributed by atoms with E-state index in [2.05, 4.69) is 15.7 Å². The number of likely N-dealkylation sites (tertiary alicyclic amines) is 1. The number of benzene rings is 1. The van der Waals surface area contributed by atoms with Crippen LogP contribution in [0.25, 0.3) is 0 Å². The lowest BCUT2D eigenvalue weighted by Crippen LogP contribution is -2.40. The van der Waals surface area contributed by atoms with Gasteiger partial charge in [0.25, 0.3) is 0 Å². The molecule has 2 heterocycles. The van der Waals surface area contributed by atoms with Crippen LogP contribution in [0.5, 0.6) is 5.75 Å². The molecular weight excluding hydrogens is 378 g/mol. The number of piperidine rings is 1. The van der Waals surface area contributed by atoms with Crippen molar-refractivity contribution in [1.29, 1.82) is 0 Å². The zero-order valence-electron chi connectivity index (χ0n) is 16.1. The number of hydrogen-bond acceptors (Lipinski definition) is 5. The van der Waals surface area contributed by atoms with Gasteiger partial charge in [-0.3, -0.25) is 10.1 Å². The first kappa shape index (κ1) is 20.1. The van der Waals surface area contributed by atoms with E-state index in [9.17, 15) is 9.59 Å². The highest BCUT2D eigenvalue weighted by molar-refractivity contribution is 7.99. The van der Waals surface area contributed by atoms with E-state index in [0.29, 0.717) is 36.1 Å². The zero-order chi connectivity index (χ0) is 19.9. The van der Waals surface area contributed by atoms with Crippen LogP contribution < -0.4 is 15.4 Å². The van der Waals surface area contributed by atoms with E-state index in [1.54, 1.807) is 43.3 Å². The van der Waals surface area contributed by atoms with Crippen LogP contribution >= 0.6 is 11.8 Å². The fourth-order valence-electron chi connectivity index (χ4n) is 3.30. The third-order valence-corrected chi connectivity index (χ3v) is 5.23. The smallest absolute Gasteiger partial charge is 0.324 e. The predicted octanol–water partition coefficient (Wildman–Crippen LogP) is 3.06. The summed E-state index contributed by atoms with van der Waals surface area (Å²) in [5, 5.41) is 10.0. The minimum Gasteiger partial charge on any atom is -0.495 e. The molecule has 0 saturated carbocycles. The Kier molecular flexibility index (Phi) is 6.80. The fraction of sp³-hybridized carbons (Fsp3) is 0.421. The van der Waals surface area contributed by atoms with E-state index in [-0.39, 0.29) is 18.0 Å². The quantitative estimate of drug-likeness (QED) is 0.774. The van der Waals surface area contributed by atoms with Crippen LogP contribution in [0.15, 0.2) is 36.5 Å². The van der Waals surface area contributed by atoms with Gasteiger partial charge in [-0.25, -0.2) is 9.48 Å². The second-order valence-electron chi connectivity index (χ2n) is 6.49. The van der Waals surface area contributed by atoms with E-state index >= 15 is 0 Å². The molecule has 1 aliphatic heterocycles. The molecule has 8 nitrogen and oxygen atoms in total. The van der Waals surface area contributed by atoms with E-state index in [1.807, 2.05) is 28.0 Å². The first-order chi connectivity index (χ1) is 13.6. The summed E-state index contributed by atoms with van der Waals surface area (Å²) in [6, 6.07) is 8.78. The Balaban J connectivity index is 1.60. The number of methoxy groups -OCH3 is 1. The van der Waals surface area contributed by atoms with E-state index in [4.69, 9.17) is 4.74 Å². The van der Waals surface area contributed by atoms with E-state index in [0.717, 1.165) is 12.8 Å². The molecule has 2 aromatic rings. The lowest BCUT2D eigenvalue weighted by Gasteiger charge is -2.32. The highest BCUT2D eigenvalue weighted by Gasteiger charge is 2.25. The molecule has 0 unspecified atom stereocenters. The average Bonchev–Trinajstić information content (AvgIpc) is 3.16. The van der Waals surface area contributed by atoms with E-state index in [1.165, 1.54) is 0 Å². The molecule has 28 heavy (non-hydrogen) atoms. The van der Waals surface area contributed by atoms with Crippen molar-refractivity contribution in [3.63, 3.8) is 0 Å². The number of rotatable bonds is 6. The number of carbonyl (C=O) groups excluding carboxylic acids is 2. The molecule has 2 N–H and O–H groups in total. The second-order valence-corrected chi connectivity index (χ2v) is 7.35. The molecule has 0 radical (unpaired) electrons. The Labute approximate surface area is 168 Å². The first-order valence-electron chi connectivity index (χ1n) is 9.13. The van der Waals surface area contributed by atoms with Crippen molar-refractivity contribution in [3.8, 4) is 5.75 Å². The van der Waals surface area contributed by atoms with Gasteiger partial charge >= 0.3 is 6.03 Å². The molecule has 1 aromatic carbocycles. The van der Waals surface area contributed by atoms with Crippen molar-refractivity contribution in [3.05, 3.63) is 36.5 Å². The van der Waals surface area contributed by atoms with Crippen molar-refractivity contribution in [2.45, 2.75) is 18.9 Å². The van der Waals surface area contributed by atoms with Crippen molar-refractivity contribution < 1.29 is 14.3 Å². The molecule has 1 fully saturated rings. The Morgan fingerprint density at radius 1 is 1.21 bits per heavy atom. The molecule has 3 amide bonds. The normalized spacial score (nSPS) is 14.6. The maximum atomic E-state index is 12.4. The van der Waals surface area contributed by atoms with Crippen LogP contribution in [0.3, 0.4) is 0 Å². The molecule has 1 aliphatic rings. The van der Waals surface area contributed by atoms with Gasteiger partial charge in [0.2, 0.25) is 5.91 Å². The Morgan fingerprint density at radius 3 is 2.68 bits per heavy atom. The number of aromatic nitrogens is 2. The third-order valence-electron chi connectivity index (χ3n) is 4.70. The first-order valence-corrected chi connectivity index (χ1v) is 10.5. The van der Waals surface area contributed by atoms with Gasteiger partial charge in [-0.05, 0) is 31.2 Å². The summed E-state index contributed by atoms with van der Waals surface area (Å²) in [7, 11) is 1.56. The lowest BCUT2D eigenvalue weighted by atomic mass is 10.1. The second kappa shape index (κ2) is 9.50. The van der Waals surface area contributed by atoms with Crippen molar-refractivity contribution in [2.75, 3.05) is 42.8 Å². The predicted molar refractivity (Wildman–Crippen MR) is 111 cm³/mol. The summed E-state index contributed by atoms with van der Waals surface area (Å²) < 4.78 is 7.08. The van der Waals surface area contributed by atoms with Crippen LogP contribution in [0.4, 0.5) is 16.3 Å². The maximum Gasteiger partial charge on any atom is 0.324 e.